The second kappa shape index (κ2) is 6.65. The summed E-state index contributed by atoms with van der Waals surface area (Å²) in [6.07, 6.45) is -0.371. The Morgan fingerprint density at radius 2 is 1.84 bits per heavy atom. The van der Waals surface area contributed by atoms with E-state index in [0.717, 1.165) is 5.39 Å². The van der Waals surface area contributed by atoms with Gasteiger partial charge in [0, 0.05) is 17.8 Å². The van der Waals surface area contributed by atoms with Gasteiger partial charge in [-0.15, -0.1) is 0 Å². The standard InChI is InChI=1S/C23H24N2O7/c1-12(26)23(30)11-13-10-22(20(28)31-2)17-15(8-9-24(18(13)27)19(22)23)14-6-4-5-7-16(14)25(17)21(29)32-3/h4-7,13,19,30H,8-11H2,1-3H3. The third-order valence-electron chi connectivity index (χ3n) is 7.51. The van der Waals surface area contributed by atoms with Crippen molar-refractivity contribution in [1.29, 1.82) is 0 Å². The number of methoxy groups -OCH3 is 2. The smallest absolute Gasteiger partial charge is 0.418 e. The number of esters is 1. The Morgan fingerprint density at radius 3 is 2.50 bits per heavy atom. The summed E-state index contributed by atoms with van der Waals surface area (Å²) in [6.45, 7) is 1.47. The summed E-state index contributed by atoms with van der Waals surface area (Å²) in [7, 11) is 2.48. The quantitative estimate of drug-likeness (QED) is 0.697. The fourth-order valence-electron chi connectivity index (χ4n) is 6.34. The van der Waals surface area contributed by atoms with E-state index in [2.05, 4.69) is 0 Å². The molecule has 1 aromatic carbocycles. The minimum atomic E-state index is -1.94. The Labute approximate surface area is 183 Å². The van der Waals surface area contributed by atoms with Gasteiger partial charge in [0.05, 0.1) is 31.5 Å². The molecular formula is C23H24N2O7. The molecular weight excluding hydrogens is 416 g/mol. The van der Waals surface area contributed by atoms with E-state index in [0.29, 0.717) is 23.2 Å². The monoisotopic (exact) mass is 440 g/mol. The second-order valence-electron chi connectivity index (χ2n) is 8.88. The van der Waals surface area contributed by atoms with Crippen molar-refractivity contribution >= 4 is 34.7 Å². The Morgan fingerprint density at radius 1 is 1.12 bits per heavy atom. The van der Waals surface area contributed by atoms with Crippen molar-refractivity contribution in [3.63, 3.8) is 0 Å². The summed E-state index contributed by atoms with van der Waals surface area (Å²) < 4.78 is 11.7. The van der Waals surface area contributed by atoms with Crippen LogP contribution in [-0.2, 0) is 35.7 Å². The Kier molecular flexibility index (Phi) is 4.30. The molecule has 4 atom stereocenters. The zero-order chi connectivity index (χ0) is 23.0. The van der Waals surface area contributed by atoms with Crippen molar-refractivity contribution in [3.8, 4) is 0 Å². The molecule has 1 saturated carbocycles. The van der Waals surface area contributed by atoms with Gasteiger partial charge in [-0.05, 0) is 37.8 Å². The molecule has 32 heavy (non-hydrogen) atoms. The summed E-state index contributed by atoms with van der Waals surface area (Å²) >= 11 is 0. The van der Waals surface area contributed by atoms with Gasteiger partial charge in [0.15, 0.2) is 5.78 Å². The van der Waals surface area contributed by atoms with Crippen LogP contribution in [0.5, 0.6) is 0 Å². The van der Waals surface area contributed by atoms with Gasteiger partial charge in [-0.3, -0.25) is 14.4 Å². The molecule has 1 N–H and O–H groups in total. The van der Waals surface area contributed by atoms with E-state index in [9.17, 15) is 24.3 Å². The predicted molar refractivity (Wildman–Crippen MR) is 111 cm³/mol. The van der Waals surface area contributed by atoms with Crippen LogP contribution in [0.2, 0.25) is 0 Å². The summed E-state index contributed by atoms with van der Waals surface area (Å²) in [6, 6.07) is 6.02. The molecule has 2 saturated heterocycles. The minimum Gasteiger partial charge on any atom is -0.468 e. The molecule has 4 unspecified atom stereocenters. The Balaban J connectivity index is 1.95. The van der Waals surface area contributed by atoms with Gasteiger partial charge in [-0.1, -0.05) is 18.2 Å². The lowest BCUT2D eigenvalue weighted by atomic mass is 9.54. The molecule has 2 aromatic rings. The number of piperidine rings is 2. The van der Waals surface area contributed by atoms with Crippen LogP contribution in [0.4, 0.5) is 4.79 Å². The number of rotatable bonds is 2. The average Bonchev–Trinajstić information content (AvgIpc) is 3.05. The van der Waals surface area contributed by atoms with Crippen LogP contribution in [0.15, 0.2) is 24.3 Å². The van der Waals surface area contributed by atoms with Crippen LogP contribution in [0.3, 0.4) is 0 Å². The van der Waals surface area contributed by atoms with E-state index in [1.807, 2.05) is 12.1 Å². The van der Waals surface area contributed by atoms with Gasteiger partial charge in [-0.2, -0.15) is 0 Å². The van der Waals surface area contributed by atoms with E-state index < -0.39 is 40.8 Å². The lowest BCUT2D eigenvalue weighted by Gasteiger charge is -2.59. The molecule has 6 rings (SSSR count). The van der Waals surface area contributed by atoms with E-state index >= 15 is 0 Å². The topological polar surface area (TPSA) is 115 Å². The van der Waals surface area contributed by atoms with E-state index in [1.54, 1.807) is 12.1 Å². The third-order valence-corrected chi connectivity index (χ3v) is 7.51. The molecule has 3 fully saturated rings. The molecule has 4 heterocycles. The highest BCUT2D eigenvalue weighted by Crippen LogP contribution is 2.57. The van der Waals surface area contributed by atoms with Gasteiger partial charge in [0.1, 0.15) is 11.0 Å². The lowest BCUT2D eigenvalue weighted by Crippen LogP contribution is -2.77. The van der Waals surface area contributed by atoms with Gasteiger partial charge in [-0.25, -0.2) is 9.36 Å². The molecule has 4 aliphatic rings. The maximum atomic E-state index is 13.6. The van der Waals surface area contributed by atoms with Crippen LogP contribution < -0.4 is 0 Å². The maximum absolute atomic E-state index is 13.6. The van der Waals surface area contributed by atoms with Crippen LogP contribution in [0.25, 0.3) is 10.9 Å². The number of benzene rings is 1. The summed E-state index contributed by atoms with van der Waals surface area (Å²) in [5.41, 5.74) is -1.94. The molecule has 168 valence electrons. The third kappa shape index (κ3) is 2.26. The predicted octanol–water partition coefficient (Wildman–Crippen LogP) is 1.16. The Hall–Kier alpha value is -3.20. The zero-order valence-electron chi connectivity index (χ0n) is 18.1. The number of para-hydroxylation sites is 1. The van der Waals surface area contributed by atoms with Crippen molar-refractivity contribution in [3.05, 3.63) is 35.5 Å². The fraction of sp³-hybridized carbons (Fsp3) is 0.478. The summed E-state index contributed by atoms with van der Waals surface area (Å²) in [4.78, 5) is 54.0. The van der Waals surface area contributed by atoms with E-state index in [4.69, 9.17) is 9.47 Å². The van der Waals surface area contributed by atoms with Gasteiger partial charge in [0.25, 0.3) is 0 Å². The second-order valence-corrected chi connectivity index (χ2v) is 8.88. The fourth-order valence-corrected chi connectivity index (χ4v) is 6.34. The van der Waals surface area contributed by atoms with Crippen molar-refractivity contribution < 1.29 is 33.8 Å². The number of hydrogen-bond donors (Lipinski definition) is 1. The SMILES string of the molecule is COC(=O)n1c2c(c3ccccc31)CCN1C(=O)C3CC(O)(C(C)=O)C1C2(C(=O)OC)C3. The normalized spacial score (nSPS) is 30.6. The molecule has 0 spiro atoms. The van der Waals surface area contributed by atoms with Crippen LogP contribution >= 0.6 is 0 Å². The first-order valence-corrected chi connectivity index (χ1v) is 10.6. The average molecular weight is 440 g/mol. The molecule has 3 aliphatic heterocycles. The largest absolute Gasteiger partial charge is 0.468 e. The molecule has 1 aromatic heterocycles. The first kappa shape index (κ1) is 20.7. The lowest BCUT2D eigenvalue weighted by molar-refractivity contribution is -0.198. The number of ketones is 1. The van der Waals surface area contributed by atoms with Crippen LogP contribution in [0, 0.1) is 5.92 Å². The Bertz CT molecular complexity index is 1200. The number of carbonyl (C=O) groups is 4. The maximum Gasteiger partial charge on any atom is 0.418 e. The first-order chi connectivity index (χ1) is 15.2. The molecule has 1 amide bonds. The van der Waals surface area contributed by atoms with E-state index in [1.165, 1.54) is 30.6 Å². The highest BCUT2D eigenvalue weighted by Gasteiger charge is 2.72. The van der Waals surface area contributed by atoms with Gasteiger partial charge < -0.3 is 19.5 Å². The first-order valence-electron chi connectivity index (χ1n) is 10.6. The zero-order valence-corrected chi connectivity index (χ0v) is 18.1. The molecule has 0 radical (unpaired) electrons. The molecule has 1 aliphatic carbocycles. The van der Waals surface area contributed by atoms with Crippen molar-refractivity contribution in [2.75, 3.05) is 20.8 Å². The van der Waals surface area contributed by atoms with Crippen molar-refractivity contribution in [1.82, 2.24) is 9.47 Å². The number of carbonyl (C=O) groups excluding carboxylic acids is 4. The van der Waals surface area contributed by atoms with Gasteiger partial charge in [0.2, 0.25) is 5.91 Å². The number of aliphatic hydroxyl groups is 1. The number of Topliss-reactive ketones (excluding diaryl/α,β-unsaturated/α-hetero) is 1. The number of fused-ring (bicyclic) bond motifs is 4. The summed E-state index contributed by atoms with van der Waals surface area (Å²) in [5, 5.41) is 12.4. The number of hydrogen-bond acceptors (Lipinski definition) is 7. The van der Waals surface area contributed by atoms with E-state index in [-0.39, 0.29) is 25.3 Å². The van der Waals surface area contributed by atoms with Crippen LogP contribution in [0.1, 0.15) is 31.0 Å². The molecule has 9 heteroatoms. The number of amides is 1. The molecule has 4 bridgehead atoms. The number of nitrogens with zero attached hydrogens (tertiary/aromatic N) is 2. The highest BCUT2D eigenvalue weighted by atomic mass is 16.5. The minimum absolute atomic E-state index is 0.0373. The highest BCUT2D eigenvalue weighted by molar-refractivity contribution is 6.02. The number of aromatic nitrogens is 1. The van der Waals surface area contributed by atoms with Crippen molar-refractivity contribution in [2.24, 2.45) is 5.92 Å². The molecule has 9 nitrogen and oxygen atoms in total. The van der Waals surface area contributed by atoms with Gasteiger partial charge >= 0.3 is 12.1 Å². The van der Waals surface area contributed by atoms with Crippen LogP contribution in [-0.4, -0.2) is 70.7 Å². The number of ether oxygens (including phenoxy) is 2. The summed E-state index contributed by atoms with van der Waals surface area (Å²) in [5.74, 6) is -2.18. The van der Waals surface area contributed by atoms with Crippen molar-refractivity contribution in [2.45, 2.75) is 43.2 Å².